The van der Waals surface area contributed by atoms with E-state index in [1.165, 1.54) is 16.7 Å². The Labute approximate surface area is 167 Å². The zero-order valence-electron chi connectivity index (χ0n) is 16.8. The number of hydrogen-bond acceptors (Lipinski definition) is 4. The lowest BCUT2D eigenvalue weighted by molar-refractivity contribution is 0.0328. The molecule has 3 N–H and O–H groups in total. The third-order valence-corrected chi connectivity index (χ3v) is 6.46. The molecule has 2 aliphatic rings. The third-order valence-electron chi connectivity index (χ3n) is 6.46. The van der Waals surface area contributed by atoms with E-state index in [4.69, 9.17) is 0 Å². The summed E-state index contributed by atoms with van der Waals surface area (Å²) in [6, 6.07) is 13.3. The van der Waals surface area contributed by atoms with Crippen molar-refractivity contribution >= 4 is 0 Å². The lowest BCUT2D eigenvalue weighted by Gasteiger charge is -2.27. The van der Waals surface area contributed by atoms with Gasteiger partial charge in [0.2, 0.25) is 0 Å². The molecule has 1 aliphatic carbocycles. The Kier molecular flexibility index (Phi) is 5.21. The second-order valence-corrected chi connectivity index (χ2v) is 9.15. The molecule has 4 rings (SSSR count). The zero-order valence-corrected chi connectivity index (χ0v) is 16.8. The summed E-state index contributed by atoms with van der Waals surface area (Å²) < 4.78 is 0. The van der Waals surface area contributed by atoms with E-state index in [-0.39, 0.29) is 5.75 Å². The number of β-amino-alcohol motifs (C(OH)–C–C–N with tert-alkyl or cyclic N) is 1. The van der Waals surface area contributed by atoms with Gasteiger partial charge in [-0.05, 0) is 61.8 Å². The number of aliphatic hydroxyl groups is 2. The maximum absolute atomic E-state index is 11.2. The normalized spacial score (nSPS) is 28.4. The maximum Gasteiger partial charge on any atom is 0.115 e. The summed E-state index contributed by atoms with van der Waals surface area (Å²) in [4.78, 5) is 2.32. The number of rotatable bonds is 5. The second kappa shape index (κ2) is 7.51. The first-order valence-electron chi connectivity index (χ1n) is 10.3. The van der Waals surface area contributed by atoms with Crippen molar-refractivity contribution in [2.75, 3.05) is 19.6 Å². The molecule has 4 atom stereocenters. The molecule has 4 nitrogen and oxygen atoms in total. The number of aromatic hydroxyl groups is 1. The van der Waals surface area contributed by atoms with E-state index in [0.29, 0.717) is 18.4 Å². The summed E-state index contributed by atoms with van der Waals surface area (Å²) in [5.41, 5.74) is 3.98. The van der Waals surface area contributed by atoms with Crippen LogP contribution in [0.2, 0.25) is 0 Å². The number of hydrogen-bond donors (Lipinski definition) is 3. The molecular formula is C24H31NO3. The number of phenolic OH excluding ortho intramolecular Hbond substituents is 1. The van der Waals surface area contributed by atoms with Crippen LogP contribution >= 0.6 is 0 Å². The minimum Gasteiger partial charge on any atom is -0.508 e. The Hall–Kier alpha value is -1.88. The first kappa shape index (κ1) is 19.4. The molecule has 1 saturated heterocycles. The van der Waals surface area contributed by atoms with Gasteiger partial charge in [-0.2, -0.15) is 0 Å². The lowest BCUT2D eigenvalue weighted by atomic mass is 9.90. The number of benzene rings is 2. The Balaban J connectivity index is 1.34. The van der Waals surface area contributed by atoms with Gasteiger partial charge in [-0.15, -0.1) is 0 Å². The van der Waals surface area contributed by atoms with E-state index in [1.54, 1.807) is 24.3 Å². The van der Waals surface area contributed by atoms with Gasteiger partial charge in [-0.25, -0.2) is 0 Å². The standard InChI is InChI=1S/C24H31NO3/c1-16-7-17(2)9-18(8-16)10-24(28)11-20-13-25(14-21(20)12-24)15-23(27)19-3-5-22(26)6-4-19/h3-9,20-21,23,26-28H,10-15H2,1-2H3/t20-,21+,23?,24+. The molecule has 0 bridgehead atoms. The van der Waals surface area contributed by atoms with Crippen LogP contribution in [-0.2, 0) is 6.42 Å². The van der Waals surface area contributed by atoms with Crippen LogP contribution in [0.15, 0.2) is 42.5 Å². The van der Waals surface area contributed by atoms with Crippen molar-refractivity contribution in [3.63, 3.8) is 0 Å². The summed E-state index contributed by atoms with van der Waals surface area (Å²) in [6.07, 6.45) is 1.87. The molecule has 1 saturated carbocycles. The Bertz CT molecular complexity index is 798. The molecule has 0 aromatic heterocycles. The smallest absolute Gasteiger partial charge is 0.115 e. The van der Waals surface area contributed by atoms with Gasteiger partial charge in [0, 0.05) is 26.1 Å². The monoisotopic (exact) mass is 381 g/mol. The van der Waals surface area contributed by atoms with Crippen molar-refractivity contribution in [2.45, 2.75) is 44.8 Å². The van der Waals surface area contributed by atoms with Gasteiger partial charge in [0.25, 0.3) is 0 Å². The van der Waals surface area contributed by atoms with Crippen LogP contribution in [-0.4, -0.2) is 45.5 Å². The van der Waals surface area contributed by atoms with Crippen LogP contribution in [0.4, 0.5) is 0 Å². The van der Waals surface area contributed by atoms with Crippen molar-refractivity contribution in [1.29, 1.82) is 0 Å². The van der Waals surface area contributed by atoms with Crippen LogP contribution in [0.25, 0.3) is 0 Å². The highest BCUT2D eigenvalue weighted by atomic mass is 16.3. The first-order valence-corrected chi connectivity index (χ1v) is 10.3. The van der Waals surface area contributed by atoms with E-state index in [1.807, 2.05) is 0 Å². The van der Waals surface area contributed by atoms with Crippen molar-refractivity contribution in [3.8, 4) is 5.75 Å². The second-order valence-electron chi connectivity index (χ2n) is 9.15. The number of phenols is 1. The molecule has 4 heteroatoms. The highest BCUT2D eigenvalue weighted by Gasteiger charge is 2.48. The summed E-state index contributed by atoms with van der Waals surface area (Å²) in [6.45, 7) is 6.71. The lowest BCUT2D eigenvalue weighted by Crippen LogP contribution is -2.33. The van der Waals surface area contributed by atoms with Gasteiger partial charge in [0.1, 0.15) is 5.75 Å². The molecule has 0 radical (unpaired) electrons. The molecule has 1 aliphatic heterocycles. The average molecular weight is 382 g/mol. The minimum atomic E-state index is -0.600. The van der Waals surface area contributed by atoms with Gasteiger partial charge in [-0.3, -0.25) is 4.90 Å². The quantitative estimate of drug-likeness (QED) is 0.743. The van der Waals surface area contributed by atoms with Crippen LogP contribution < -0.4 is 0 Å². The molecular weight excluding hydrogens is 350 g/mol. The Morgan fingerprint density at radius 1 is 1.00 bits per heavy atom. The highest BCUT2D eigenvalue weighted by Crippen LogP contribution is 2.45. The molecule has 1 unspecified atom stereocenters. The van der Waals surface area contributed by atoms with Crippen molar-refractivity contribution in [3.05, 3.63) is 64.7 Å². The van der Waals surface area contributed by atoms with Crippen molar-refractivity contribution in [1.82, 2.24) is 4.90 Å². The van der Waals surface area contributed by atoms with Crippen LogP contribution in [0, 0.1) is 25.7 Å². The van der Waals surface area contributed by atoms with E-state index in [9.17, 15) is 15.3 Å². The Morgan fingerprint density at radius 2 is 1.57 bits per heavy atom. The molecule has 28 heavy (non-hydrogen) atoms. The van der Waals surface area contributed by atoms with Crippen molar-refractivity contribution < 1.29 is 15.3 Å². The summed E-state index contributed by atoms with van der Waals surface area (Å²) in [5.74, 6) is 1.22. The predicted molar refractivity (Wildman–Crippen MR) is 110 cm³/mol. The number of aryl methyl sites for hydroxylation is 2. The maximum atomic E-state index is 11.2. The van der Waals surface area contributed by atoms with Crippen molar-refractivity contribution in [2.24, 2.45) is 11.8 Å². The van der Waals surface area contributed by atoms with E-state index in [0.717, 1.165) is 37.9 Å². The molecule has 2 fully saturated rings. The molecule has 0 amide bonds. The van der Waals surface area contributed by atoms with Gasteiger partial charge < -0.3 is 15.3 Å². The summed E-state index contributed by atoms with van der Waals surface area (Å²) >= 11 is 0. The van der Waals surface area contributed by atoms with Gasteiger partial charge in [0.05, 0.1) is 11.7 Å². The highest BCUT2D eigenvalue weighted by molar-refractivity contribution is 5.30. The SMILES string of the molecule is Cc1cc(C)cc(C[C@@]2(O)C[C@H]3CN(CC(O)c4ccc(O)cc4)C[C@H]3C2)c1. The molecule has 150 valence electrons. The third kappa shape index (κ3) is 4.24. The zero-order chi connectivity index (χ0) is 19.9. The van der Waals surface area contributed by atoms with Crippen LogP contribution in [0.5, 0.6) is 5.75 Å². The fourth-order valence-corrected chi connectivity index (χ4v) is 5.45. The molecule has 1 heterocycles. The number of likely N-dealkylation sites (tertiary alicyclic amines) is 1. The first-order chi connectivity index (χ1) is 13.3. The molecule has 0 spiro atoms. The number of aliphatic hydroxyl groups excluding tert-OH is 1. The average Bonchev–Trinajstić information content (AvgIpc) is 3.08. The minimum absolute atomic E-state index is 0.217. The molecule has 2 aromatic rings. The number of nitrogens with zero attached hydrogens (tertiary/aromatic N) is 1. The Morgan fingerprint density at radius 3 is 2.14 bits per heavy atom. The predicted octanol–water partition coefficient (Wildman–Crippen LogP) is 3.36. The van der Waals surface area contributed by atoms with E-state index < -0.39 is 11.7 Å². The van der Waals surface area contributed by atoms with E-state index >= 15 is 0 Å². The summed E-state index contributed by atoms with van der Waals surface area (Å²) in [5, 5.41) is 31.1. The fraction of sp³-hybridized carbons (Fsp3) is 0.500. The van der Waals surface area contributed by atoms with Crippen LogP contribution in [0.3, 0.4) is 0 Å². The van der Waals surface area contributed by atoms with Gasteiger partial charge in [-0.1, -0.05) is 41.5 Å². The number of fused-ring (bicyclic) bond motifs is 1. The molecule has 2 aromatic carbocycles. The van der Waals surface area contributed by atoms with Gasteiger partial charge >= 0.3 is 0 Å². The van der Waals surface area contributed by atoms with Gasteiger partial charge in [0.15, 0.2) is 0 Å². The van der Waals surface area contributed by atoms with Crippen LogP contribution in [0.1, 0.15) is 41.2 Å². The van der Waals surface area contributed by atoms with E-state index in [2.05, 4.69) is 36.9 Å². The summed E-state index contributed by atoms with van der Waals surface area (Å²) in [7, 11) is 0. The topological polar surface area (TPSA) is 63.9 Å². The largest absolute Gasteiger partial charge is 0.508 e. The fourth-order valence-electron chi connectivity index (χ4n) is 5.45.